The number of aliphatic imine (C=N–C) groups is 1. The van der Waals surface area contributed by atoms with E-state index < -0.39 is 5.91 Å². The lowest BCUT2D eigenvalue weighted by atomic mass is 10.1. The second-order valence-corrected chi connectivity index (χ2v) is 9.86. The molecule has 0 atom stereocenters. The minimum Gasteiger partial charge on any atom is -0.317 e. The molecule has 2 aliphatic heterocycles. The summed E-state index contributed by atoms with van der Waals surface area (Å²) in [5.74, 6) is -0.383. The maximum Gasteiger partial charge on any atom is 0.283 e. The Bertz CT molecular complexity index is 1690. The van der Waals surface area contributed by atoms with Crippen molar-refractivity contribution in [3.8, 4) is 5.69 Å². The summed E-state index contributed by atoms with van der Waals surface area (Å²) in [5.41, 5.74) is 6.29. The van der Waals surface area contributed by atoms with E-state index in [4.69, 9.17) is 5.41 Å². The Morgan fingerprint density at radius 2 is 1.69 bits per heavy atom. The molecule has 0 unspecified atom stereocenters. The van der Waals surface area contributed by atoms with Gasteiger partial charge in [0, 0.05) is 22.3 Å². The van der Waals surface area contributed by atoms with Crippen LogP contribution in [0.3, 0.4) is 0 Å². The average Bonchev–Trinajstić information content (AvgIpc) is 3.42. The molecule has 0 radical (unpaired) electrons. The zero-order chi connectivity index (χ0) is 25.0. The Labute approximate surface area is 213 Å². The molecule has 7 heteroatoms. The molecule has 0 saturated heterocycles. The van der Waals surface area contributed by atoms with Crippen LogP contribution < -0.4 is 0 Å². The van der Waals surface area contributed by atoms with Crippen molar-refractivity contribution in [2.24, 2.45) is 10.1 Å². The van der Waals surface area contributed by atoms with E-state index in [1.54, 1.807) is 6.08 Å². The van der Waals surface area contributed by atoms with Crippen LogP contribution in [0.15, 0.2) is 88.5 Å². The molecule has 1 N–H and O–H groups in total. The fourth-order valence-corrected chi connectivity index (χ4v) is 5.76. The van der Waals surface area contributed by atoms with Crippen LogP contribution in [0.4, 0.5) is 0 Å². The monoisotopic (exact) mass is 489 g/mol. The van der Waals surface area contributed by atoms with Gasteiger partial charge in [0.1, 0.15) is 5.04 Å². The van der Waals surface area contributed by atoms with Gasteiger partial charge in [0.15, 0.2) is 5.84 Å². The van der Waals surface area contributed by atoms with Gasteiger partial charge in [-0.15, -0.1) is 0 Å². The van der Waals surface area contributed by atoms with Crippen molar-refractivity contribution in [2.45, 2.75) is 20.8 Å². The van der Waals surface area contributed by atoms with Gasteiger partial charge in [-0.05, 0) is 67.3 Å². The molecule has 36 heavy (non-hydrogen) atoms. The molecule has 0 aliphatic carbocycles. The van der Waals surface area contributed by atoms with Gasteiger partial charge in [0.05, 0.1) is 11.3 Å². The zero-order valence-electron chi connectivity index (χ0n) is 20.1. The van der Waals surface area contributed by atoms with E-state index in [1.807, 2.05) is 56.3 Å². The molecule has 2 aliphatic rings. The lowest BCUT2D eigenvalue weighted by Gasteiger charge is -2.20. The van der Waals surface area contributed by atoms with Gasteiger partial charge in [0.2, 0.25) is 5.17 Å². The number of hydrogen-bond acceptors (Lipinski definition) is 4. The molecule has 0 spiro atoms. The third-order valence-electron chi connectivity index (χ3n) is 6.61. The van der Waals surface area contributed by atoms with Gasteiger partial charge in [0.25, 0.3) is 5.91 Å². The number of rotatable bonds is 3. The molecule has 0 saturated carbocycles. The van der Waals surface area contributed by atoms with Crippen LogP contribution in [0.2, 0.25) is 0 Å². The zero-order valence-corrected chi connectivity index (χ0v) is 20.9. The molecule has 0 bridgehead atoms. The molecule has 1 aromatic heterocycles. The molecule has 176 valence electrons. The number of amides is 1. The first kappa shape index (κ1) is 22.2. The number of hydrogen-bond donors (Lipinski definition) is 1. The third-order valence-corrected chi connectivity index (χ3v) is 7.55. The first-order valence-corrected chi connectivity index (χ1v) is 12.5. The number of carbonyl (C=O) groups excluding carboxylic acids is 1. The Morgan fingerprint density at radius 1 is 0.944 bits per heavy atom. The van der Waals surface area contributed by atoms with Gasteiger partial charge in [-0.3, -0.25) is 10.2 Å². The normalized spacial score (nSPS) is 16.5. The minimum atomic E-state index is -0.421. The highest BCUT2D eigenvalue weighted by atomic mass is 32.2. The van der Waals surface area contributed by atoms with E-state index in [0.717, 1.165) is 44.2 Å². The molecule has 6 rings (SSSR count). The average molecular weight is 490 g/mol. The highest BCUT2D eigenvalue weighted by molar-refractivity contribution is 8.27. The topological polar surface area (TPSA) is 73.8 Å². The summed E-state index contributed by atoms with van der Waals surface area (Å²) in [4.78, 5) is 17.3. The number of aryl methyl sites for hydroxylation is 2. The molecule has 3 heterocycles. The van der Waals surface area contributed by atoms with E-state index in [-0.39, 0.29) is 11.4 Å². The van der Waals surface area contributed by atoms with E-state index in [2.05, 4.69) is 51.9 Å². The summed E-state index contributed by atoms with van der Waals surface area (Å²) in [6.07, 6.45) is 1.76. The number of nitrogens with one attached hydrogen (secondary N) is 1. The number of carbonyl (C=O) groups is 1. The van der Waals surface area contributed by atoms with Gasteiger partial charge in [-0.25, -0.2) is 0 Å². The van der Waals surface area contributed by atoms with Crippen molar-refractivity contribution in [2.75, 3.05) is 0 Å². The number of nitrogens with zero attached hydrogens (tertiary/aromatic N) is 4. The summed E-state index contributed by atoms with van der Waals surface area (Å²) < 4.78 is 2.19. The molecule has 4 aromatic rings. The standard InChI is InChI=1S/C29H23N5OS/c1-17-9-4-6-12-22(17)28-32-34-26(30)24(27(35)31-29(34)36-28)16-21-15-18(2)33(19(21)3)25-14-8-11-20-10-5-7-13-23(20)25/h4-16,30H,1-3H3. The first-order valence-electron chi connectivity index (χ1n) is 11.7. The van der Waals surface area contributed by atoms with Crippen molar-refractivity contribution in [3.63, 3.8) is 0 Å². The number of aromatic nitrogens is 1. The van der Waals surface area contributed by atoms with Crippen LogP contribution in [-0.4, -0.2) is 31.5 Å². The van der Waals surface area contributed by atoms with E-state index in [1.165, 1.54) is 22.2 Å². The Morgan fingerprint density at radius 3 is 2.53 bits per heavy atom. The molecular formula is C29H23N5OS. The highest BCUT2D eigenvalue weighted by Crippen LogP contribution is 2.33. The maximum atomic E-state index is 13.0. The Balaban J connectivity index is 1.40. The van der Waals surface area contributed by atoms with Crippen molar-refractivity contribution in [1.82, 2.24) is 9.58 Å². The molecule has 0 fully saturated rings. The highest BCUT2D eigenvalue weighted by Gasteiger charge is 2.36. The van der Waals surface area contributed by atoms with Crippen LogP contribution in [0.1, 0.15) is 28.1 Å². The molecule has 1 amide bonds. The summed E-state index contributed by atoms with van der Waals surface area (Å²) in [6, 6.07) is 24.6. The predicted molar refractivity (Wildman–Crippen MR) is 148 cm³/mol. The number of benzene rings is 3. The van der Waals surface area contributed by atoms with Crippen LogP contribution in [-0.2, 0) is 4.79 Å². The van der Waals surface area contributed by atoms with Gasteiger partial charge < -0.3 is 4.57 Å². The third kappa shape index (κ3) is 3.51. The predicted octanol–water partition coefficient (Wildman–Crippen LogP) is 6.22. The van der Waals surface area contributed by atoms with Crippen LogP contribution in [0.25, 0.3) is 22.5 Å². The second kappa shape index (κ2) is 8.46. The van der Waals surface area contributed by atoms with Crippen LogP contribution >= 0.6 is 11.8 Å². The smallest absolute Gasteiger partial charge is 0.283 e. The van der Waals surface area contributed by atoms with E-state index in [9.17, 15) is 4.79 Å². The van der Waals surface area contributed by atoms with Crippen LogP contribution in [0, 0.1) is 26.2 Å². The van der Waals surface area contributed by atoms with E-state index in [0.29, 0.717) is 5.17 Å². The largest absolute Gasteiger partial charge is 0.317 e. The SMILES string of the molecule is Cc1ccccc1C1=NN2C(=N)C(=Cc3cc(C)n(-c4cccc5ccccc45)c3C)C(=O)N=C2S1. The second-order valence-electron chi connectivity index (χ2n) is 8.90. The van der Waals surface area contributed by atoms with Gasteiger partial charge in [-0.1, -0.05) is 60.7 Å². The number of hydrazone groups is 1. The number of thioether (sulfide) groups is 1. The van der Waals surface area contributed by atoms with Crippen molar-refractivity contribution in [3.05, 3.63) is 106 Å². The molecule has 3 aromatic carbocycles. The van der Waals surface area contributed by atoms with Crippen molar-refractivity contribution in [1.29, 1.82) is 5.41 Å². The maximum absolute atomic E-state index is 13.0. The van der Waals surface area contributed by atoms with E-state index >= 15 is 0 Å². The fraction of sp³-hybridized carbons (Fsp3) is 0.103. The lowest BCUT2D eigenvalue weighted by Crippen LogP contribution is -2.35. The quantitative estimate of drug-likeness (QED) is 0.347. The summed E-state index contributed by atoms with van der Waals surface area (Å²) in [7, 11) is 0. The Kier molecular flexibility index (Phi) is 5.23. The summed E-state index contributed by atoms with van der Waals surface area (Å²) >= 11 is 1.32. The molecule has 6 nitrogen and oxygen atoms in total. The van der Waals surface area contributed by atoms with Crippen molar-refractivity contribution < 1.29 is 4.79 Å². The first-order chi connectivity index (χ1) is 17.4. The lowest BCUT2D eigenvalue weighted by molar-refractivity contribution is -0.114. The summed E-state index contributed by atoms with van der Waals surface area (Å²) in [6.45, 7) is 6.11. The van der Waals surface area contributed by atoms with Crippen LogP contribution in [0.5, 0.6) is 0 Å². The Hall–Kier alpha value is -4.23. The molecular weight excluding hydrogens is 466 g/mol. The van der Waals surface area contributed by atoms with Gasteiger partial charge >= 0.3 is 0 Å². The number of fused-ring (bicyclic) bond motifs is 2. The minimum absolute atomic E-state index is 0.0380. The fourth-order valence-electron chi connectivity index (χ4n) is 4.78. The number of amidine groups is 2. The van der Waals surface area contributed by atoms with Gasteiger partial charge in [-0.2, -0.15) is 15.1 Å². The van der Waals surface area contributed by atoms with Crippen molar-refractivity contribution >= 4 is 50.6 Å². The summed E-state index contributed by atoms with van der Waals surface area (Å²) in [5, 5.41) is 18.4.